The van der Waals surface area contributed by atoms with Gasteiger partial charge in [0.2, 0.25) is 0 Å². The van der Waals surface area contributed by atoms with Gasteiger partial charge in [0.1, 0.15) is 0 Å². The third-order valence-corrected chi connectivity index (χ3v) is 7.72. The van der Waals surface area contributed by atoms with E-state index in [9.17, 15) is 0 Å². The predicted molar refractivity (Wildman–Crippen MR) is 118 cm³/mol. The monoisotopic (exact) mass is 410 g/mol. The number of aromatic nitrogens is 1. The summed E-state index contributed by atoms with van der Waals surface area (Å²) < 4.78 is 6.37. The molecule has 0 amide bonds. The number of nitrogens with zero attached hydrogens (tertiary/aromatic N) is 1. The Morgan fingerprint density at radius 2 is 1.90 bits per heavy atom. The fourth-order valence-electron chi connectivity index (χ4n) is 5.79. The van der Waals surface area contributed by atoms with Gasteiger partial charge in [-0.3, -0.25) is 4.98 Å². The Labute approximate surface area is 179 Å². The van der Waals surface area contributed by atoms with Gasteiger partial charge in [-0.2, -0.15) is 0 Å². The van der Waals surface area contributed by atoms with Gasteiger partial charge in [0.15, 0.2) is 0 Å². The zero-order valence-corrected chi connectivity index (χ0v) is 17.8. The minimum Gasteiger partial charge on any atom is -0.375 e. The highest BCUT2D eigenvalue weighted by atomic mass is 35.5. The lowest BCUT2D eigenvalue weighted by Gasteiger charge is -2.46. The molecular formula is C25H31ClN2O. The first-order valence-corrected chi connectivity index (χ1v) is 11.6. The molecule has 2 aliphatic carbocycles. The fourth-order valence-corrected chi connectivity index (χ4v) is 5.92. The van der Waals surface area contributed by atoms with E-state index in [1.165, 1.54) is 43.4 Å². The SMILES string of the molecule is Clc1ccc([C@@H]2C[C@H]2NCCC2(c3ccccn3)CCOC3(CCCC3)C2)cc1. The molecule has 1 unspecified atom stereocenters. The van der Waals surface area contributed by atoms with Crippen molar-refractivity contribution >= 4 is 11.6 Å². The van der Waals surface area contributed by atoms with Crippen molar-refractivity contribution in [3.63, 3.8) is 0 Å². The highest BCUT2D eigenvalue weighted by Crippen LogP contribution is 2.50. The lowest BCUT2D eigenvalue weighted by atomic mass is 9.68. The van der Waals surface area contributed by atoms with Gasteiger partial charge in [-0.05, 0) is 74.9 Å². The van der Waals surface area contributed by atoms with E-state index in [2.05, 4.69) is 29.6 Å². The second kappa shape index (κ2) is 8.02. The van der Waals surface area contributed by atoms with Crippen LogP contribution in [-0.2, 0) is 10.2 Å². The summed E-state index contributed by atoms with van der Waals surface area (Å²) in [7, 11) is 0. The van der Waals surface area contributed by atoms with Crippen LogP contribution in [0.25, 0.3) is 0 Å². The first kappa shape index (κ1) is 19.5. The van der Waals surface area contributed by atoms with Crippen molar-refractivity contribution in [3.8, 4) is 0 Å². The largest absolute Gasteiger partial charge is 0.375 e. The summed E-state index contributed by atoms with van der Waals surface area (Å²) in [4.78, 5) is 4.82. The number of halogens is 1. The predicted octanol–water partition coefficient (Wildman–Crippen LogP) is 5.63. The quantitative estimate of drug-likeness (QED) is 0.669. The van der Waals surface area contributed by atoms with E-state index in [0.717, 1.165) is 37.4 Å². The molecule has 2 aromatic rings. The third-order valence-electron chi connectivity index (χ3n) is 7.47. The summed E-state index contributed by atoms with van der Waals surface area (Å²) in [6, 6.07) is 15.4. The summed E-state index contributed by atoms with van der Waals surface area (Å²) in [5.41, 5.74) is 2.91. The lowest BCUT2D eigenvalue weighted by Crippen LogP contribution is -2.47. The summed E-state index contributed by atoms with van der Waals surface area (Å²) in [5, 5.41) is 4.66. The number of pyridine rings is 1. The van der Waals surface area contributed by atoms with Gasteiger partial charge in [-0.15, -0.1) is 0 Å². The van der Waals surface area contributed by atoms with Crippen LogP contribution in [0.4, 0.5) is 0 Å². The molecule has 4 heteroatoms. The topological polar surface area (TPSA) is 34.2 Å². The third kappa shape index (κ3) is 4.10. The minimum absolute atomic E-state index is 0.0984. The summed E-state index contributed by atoms with van der Waals surface area (Å²) in [5.74, 6) is 0.633. The van der Waals surface area contributed by atoms with Gasteiger partial charge >= 0.3 is 0 Å². The summed E-state index contributed by atoms with van der Waals surface area (Å²) >= 11 is 6.04. The molecule has 3 aliphatic rings. The van der Waals surface area contributed by atoms with E-state index in [0.29, 0.717) is 12.0 Å². The van der Waals surface area contributed by atoms with Crippen molar-refractivity contribution in [1.82, 2.24) is 10.3 Å². The molecule has 1 aliphatic heterocycles. The average Bonchev–Trinajstić information content (AvgIpc) is 3.39. The zero-order valence-electron chi connectivity index (χ0n) is 17.1. The van der Waals surface area contributed by atoms with Crippen LogP contribution in [0.1, 0.15) is 68.5 Å². The number of ether oxygens (including phenoxy) is 1. The van der Waals surface area contributed by atoms with Crippen molar-refractivity contribution < 1.29 is 4.74 Å². The van der Waals surface area contributed by atoms with Gasteiger partial charge < -0.3 is 10.1 Å². The first-order valence-electron chi connectivity index (χ1n) is 11.2. The number of benzene rings is 1. The van der Waals surface area contributed by atoms with Crippen LogP contribution in [0.3, 0.4) is 0 Å². The van der Waals surface area contributed by atoms with Crippen molar-refractivity contribution in [2.24, 2.45) is 0 Å². The maximum atomic E-state index is 6.37. The molecule has 1 spiro atoms. The number of hydrogen-bond donors (Lipinski definition) is 1. The fraction of sp³-hybridized carbons (Fsp3) is 0.560. The molecule has 1 saturated heterocycles. The van der Waals surface area contributed by atoms with Crippen LogP contribution in [-0.4, -0.2) is 29.8 Å². The standard InChI is InChI=1S/C25H31ClN2O/c26-20-8-6-19(7-9-20)21-17-22(21)27-15-12-24(23-5-1-4-14-28-23)13-16-29-25(18-24)10-2-3-11-25/h1,4-9,14,21-22,27H,2-3,10-13,15-18H2/t21-,22+,24?/m0/s1. The van der Waals surface area contributed by atoms with Crippen LogP contribution in [0.15, 0.2) is 48.7 Å². The molecule has 1 aromatic heterocycles. The summed E-state index contributed by atoms with van der Waals surface area (Å²) in [6.07, 6.45) is 11.6. The highest BCUT2D eigenvalue weighted by molar-refractivity contribution is 6.30. The maximum absolute atomic E-state index is 6.37. The second-order valence-electron chi connectivity index (χ2n) is 9.37. The van der Waals surface area contributed by atoms with Crippen molar-refractivity contribution in [2.45, 2.75) is 74.3 Å². The van der Waals surface area contributed by atoms with Gasteiger partial charge in [-0.1, -0.05) is 42.6 Å². The zero-order chi connectivity index (χ0) is 19.7. The van der Waals surface area contributed by atoms with E-state index < -0.39 is 0 Å². The van der Waals surface area contributed by atoms with E-state index in [1.54, 1.807) is 0 Å². The van der Waals surface area contributed by atoms with E-state index in [-0.39, 0.29) is 11.0 Å². The molecular weight excluding hydrogens is 380 g/mol. The number of hydrogen-bond acceptors (Lipinski definition) is 3. The Morgan fingerprint density at radius 1 is 1.07 bits per heavy atom. The molecule has 29 heavy (non-hydrogen) atoms. The molecule has 5 rings (SSSR count). The average molecular weight is 411 g/mol. The number of rotatable bonds is 6. The van der Waals surface area contributed by atoms with Gasteiger partial charge in [-0.25, -0.2) is 0 Å². The van der Waals surface area contributed by atoms with E-state index in [4.69, 9.17) is 21.3 Å². The van der Waals surface area contributed by atoms with Crippen LogP contribution in [0.5, 0.6) is 0 Å². The van der Waals surface area contributed by atoms with Gasteiger partial charge in [0.25, 0.3) is 0 Å². The van der Waals surface area contributed by atoms with Crippen LogP contribution < -0.4 is 5.32 Å². The molecule has 3 fully saturated rings. The van der Waals surface area contributed by atoms with Crippen molar-refractivity contribution in [1.29, 1.82) is 0 Å². The van der Waals surface area contributed by atoms with Crippen molar-refractivity contribution in [3.05, 3.63) is 64.9 Å². The molecule has 0 bridgehead atoms. The second-order valence-corrected chi connectivity index (χ2v) is 9.80. The van der Waals surface area contributed by atoms with Crippen LogP contribution >= 0.6 is 11.6 Å². The Balaban J connectivity index is 1.26. The Kier molecular flexibility index (Phi) is 5.40. The van der Waals surface area contributed by atoms with E-state index in [1.807, 2.05) is 24.4 Å². The first-order chi connectivity index (χ1) is 14.2. The molecule has 1 N–H and O–H groups in total. The molecule has 154 valence electrons. The molecule has 3 atom stereocenters. The summed E-state index contributed by atoms with van der Waals surface area (Å²) in [6.45, 7) is 1.91. The van der Waals surface area contributed by atoms with Crippen LogP contribution in [0, 0.1) is 0 Å². The van der Waals surface area contributed by atoms with Crippen LogP contribution in [0.2, 0.25) is 5.02 Å². The van der Waals surface area contributed by atoms with E-state index >= 15 is 0 Å². The minimum atomic E-state index is 0.0984. The molecule has 2 saturated carbocycles. The lowest BCUT2D eigenvalue weighted by molar-refractivity contribution is -0.104. The molecule has 0 radical (unpaired) electrons. The maximum Gasteiger partial charge on any atom is 0.0691 e. The Hall–Kier alpha value is -1.42. The molecule has 1 aromatic carbocycles. The Bertz CT molecular complexity index is 818. The van der Waals surface area contributed by atoms with Gasteiger partial charge in [0, 0.05) is 40.9 Å². The number of nitrogens with one attached hydrogen (secondary N) is 1. The molecule has 3 nitrogen and oxygen atoms in total. The van der Waals surface area contributed by atoms with Crippen molar-refractivity contribution in [2.75, 3.05) is 13.2 Å². The smallest absolute Gasteiger partial charge is 0.0691 e. The van der Waals surface area contributed by atoms with Gasteiger partial charge in [0.05, 0.1) is 5.60 Å². The molecule has 2 heterocycles. The normalized spacial score (nSPS) is 30.5. The highest BCUT2D eigenvalue weighted by Gasteiger charge is 2.48. The Morgan fingerprint density at radius 3 is 2.66 bits per heavy atom.